The van der Waals surface area contributed by atoms with Gasteiger partial charge in [0.15, 0.2) is 11.5 Å². The lowest BCUT2D eigenvalue weighted by atomic mass is 10.2. The first kappa shape index (κ1) is 20.5. The molecule has 0 spiro atoms. The fourth-order valence-corrected chi connectivity index (χ4v) is 3.92. The maximum atomic E-state index is 12.0. The number of benzene rings is 2. The molecule has 0 bridgehead atoms. The van der Waals surface area contributed by atoms with E-state index < -0.39 is 0 Å². The van der Waals surface area contributed by atoms with E-state index >= 15 is 0 Å². The van der Waals surface area contributed by atoms with Crippen molar-refractivity contribution in [2.45, 2.75) is 17.6 Å². The summed E-state index contributed by atoms with van der Waals surface area (Å²) >= 11 is 3.31. The Balaban J connectivity index is 1.64. The second kappa shape index (κ2) is 11.0. The van der Waals surface area contributed by atoms with E-state index in [1.54, 1.807) is 14.2 Å². The van der Waals surface area contributed by atoms with Gasteiger partial charge in [-0.15, -0.1) is 11.8 Å². The lowest BCUT2D eigenvalue weighted by Gasteiger charge is -2.09. The van der Waals surface area contributed by atoms with Crippen LogP contribution in [0, 0.1) is 6.92 Å². The van der Waals surface area contributed by atoms with Crippen molar-refractivity contribution in [3.63, 3.8) is 0 Å². The molecule has 0 saturated carbocycles. The van der Waals surface area contributed by atoms with Gasteiger partial charge in [0, 0.05) is 22.9 Å². The summed E-state index contributed by atoms with van der Waals surface area (Å²) in [6.45, 7) is 2.78. The van der Waals surface area contributed by atoms with Gasteiger partial charge in [0.05, 0.1) is 20.0 Å². The predicted molar refractivity (Wildman–Crippen MR) is 111 cm³/mol. The average Bonchev–Trinajstić information content (AvgIpc) is 2.65. The molecule has 2 aromatic carbocycles. The molecule has 2 aromatic rings. The smallest absolute Gasteiger partial charge is 0.230 e. The van der Waals surface area contributed by atoms with E-state index in [2.05, 4.69) is 36.5 Å². The molecule has 2 rings (SSSR count). The molecule has 1 N–H and O–H groups in total. The highest BCUT2D eigenvalue weighted by molar-refractivity contribution is 8.00. The minimum Gasteiger partial charge on any atom is -0.493 e. The van der Waals surface area contributed by atoms with E-state index in [9.17, 15) is 4.79 Å². The molecule has 0 aliphatic heterocycles. The standard InChI is InChI=1S/C20H25NO3S2/c1-15-5-4-6-16(11-15)13-25-10-9-21-20(22)14-26-17-7-8-18(23-2)19(12-17)24-3/h4-8,11-12H,9-10,13-14H2,1-3H3,(H,21,22). The van der Waals surface area contributed by atoms with Crippen molar-refractivity contribution in [3.05, 3.63) is 53.6 Å². The topological polar surface area (TPSA) is 47.6 Å². The van der Waals surface area contributed by atoms with Gasteiger partial charge in [0.2, 0.25) is 5.91 Å². The van der Waals surface area contributed by atoms with Gasteiger partial charge in [-0.2, -0.15) is 11.8 Å². The molecule has 0 aliphatic carbocycles. The first-order chi connectivity index (χ1) is 12.6. The summed E-state index contributed by atoms with van der Waals surface area (Å²) in [5.41, 5.74) is 2.61. The van der Waals surface area contributed by atoms with Gasteiger partial charge < -0.3 is 14.8 Å². The maximum Gasteiger partial charge on any atom is 0.230 e. The van der Waals surface area contributed by atoms with E-state index in [1.165, 1.54) is 22.9 Å². The van der Waals surface area contributed by atoms with Gasteiger partial charge in [-0.05, 0) is 30.7 Å². The van der Waals surface area contributed by atoms with Crippen LogP contribution in [0.3, 0.4) is 0 Å². The van der Waals surface area contributed by atoms with Crippen LogP contribution in [-0.2, 0) is 10.5 Å². The molecule has 1 amide bonds. The summed E-state index contributed by atoms with van der Waals surface area (Å²) in [5.74, 6) is 3.66. The van der Waals surface area contributed by atoms with Crippen molar-refractivity contribution in [1.82, 2.24) is 5.32 Å². The summed E-state index contributed by atoms with van der Waals surface area (Å²) in [4.78, 5) is 13.0. The zero-order chi connectivity index (χ0) is 18.8. The molecule has 0 aromatic heterocycles. The Hall–Kier alpha value is -1.79. The van der Waals surface area contributed by atoms with E-state index in [1.807, 2.05) is 30.0 Å². The number of carbonyl (C=O) groups is 1. The summed E-state index contributed by atoms with van der Waals surface area (Å²) < 4.78 is 10.5. The normalized spacial score (nSPS) is 10.4. The fourth-order valence-electron chi connectivity index (χ4n) is 2.36. The number of methoxy groups -OCH3 is 2. The zero-order valence-electron chi connectivity index (χ0n) is 15.4. The van der Waals surface area contributed by atoms with Gasteiger partial charge in [-0.1, -0.05) is 29.8 Å². The molecular formula is C20H25NO3S2. The van der Waals surface area contributed by atoms with Crippen molar-refractivity contribution in [2.75, 3.05) is 32.3 Å². The minimum absolute atomic E-state index is 0.0425. The Kier molecular flexibility index (Phi) is 8.71. The lowest BCUT2D eigenvalue weighted by molar-refractivity contribution is -0.118. The summed E-state index contributed by atoms with van der Waals surface area (Å²) in [5, 5.41) is 2.97. The average molecular weight is 392 g/mol. The molecule has 4 nitrogen and oxygen atoms in total. The molecule has 0 radical (unpaired) electrons. The number of rotatable bonds is 10. The second-order valence-electron chi connectivity index (χ2n) is 5.70. The highest BCUT2D eigenvalue weighted by atomic mass is 32.2. The molecule has 0 heterocycles. The lowest BCUT2D eigenvalue weighted by Crippen LogP contribution is -2.27. The Morgan fingerprint density at radius 3 is 2.62 bits per heavy atom. The second-order valence-corrected chi connectivity index (χ2v) is 7.85. The van der Waals surface area contributed by atoms with Crippen LogP contribution < -0.4 is 14.8 Å². The van der Waals surface area contributed by atoms with Crippen molar-refractivity contribution >= 4 is 29.4 Å². The molecular weight excluding hydrogens is 366 g/mol. The zero-order valence-corrected chi connectivity index (χ0v) is 17.0. The van der Waals surface area contributed by atoms with Crippen molar-refractivity contribution in [3.8, 4) is 11.5 Å². The SMILES string of the molecule is COc1ccc(SCC(=O)NCCSCc2cccc(C)c2)cc1OC. The fraction of sp³-hybridized carbons (Fsp3) is 0.350. The Morgan fingerprint density at radius 2 is 1.88 bits per heavy atom. The van der Waals surface area contributed by atoms with Crippen molar-refractivity contribution in [1.29, 1.82) is 0 Å². The first-order valence-electron chi connectivity index (χ1n) is 8.37. The van der Waals surface area contributed by atoms with Gasteiger partial charge in [-0.3, -0.25) is 4.79 Å². The van der Waals surface area contributed by atoms with Gasteiger partial charge in [0.25, 0.3) is 0 Å². The number of thioether (sulfide) groups is 2. The highest BCUT2D eigenvalue weighted by Gasteiger charge is 2.07. The number of hydrogen-bond acceptors (Lipinski definition) is 5. The van der Waals surface area contributed by atoms with Crippen LogP contribution in [0.5, 0.6) is 11.5 Å². The third-order valence-electron chi connectivity index (χ3n) is 3.64. The largest absolute Gasteiger partial charge is 0.493 e. The number of nitrogens with one attached hydrogen (secondary N) is 1. The van der Waals surface area contributed by atoms with E-state index in [-0.39, 0.29) is 5.91 Å². The molecule has 6 heteroatoms. The molecule has 0 atom stereocenters. The molecule has 0 aliphatic rings. The maximum absolute atomic E-state index is 12.0. The van der Waals surface area contributed by atoms with Crippen molar-refractivity contribution in [2.24, 2.45) is 0 Å². The molecule has 0 saturated heterocycles. The third kappa shape index (κ3) is 6.84. The number of ether oxygens (including phenoxy) is 2. The molecule has 26 heavy (non-hydrogen) atoms. The Bertz CT molecular complexity index is 722. The highest BCUT2D eigenvalue weighted by Crippen LogP contribution is 2.31. The summed E-state index contributed by atoms with van der Waals surface area (Å²) in [7, 11) is 3.21. The van der Waals surface area contributed by atoms with E-state index in [0.29, 0.717) is 23.8 Å². The van der Waals surface area contributed by atoms with Crippen LogP contribution in [0.25, 0.3) is 0 Å². The number of amides is 1. The monoisotopic (exact) mass is 391 g/mol. The molecule has 140 valence electrons. The quantitative estimate of drug-likeness (QED) is 0.487. The van der Waals surface area contributed by atoms with Gasteiger partial charge in [-0.25, -0.2) is 0 Å². The summed E-state index contributed by atoms with van der Waals surface area (Å²) in [6.07, 6.45) is 0. The minimum atomic E-state index is 0.0425. The molecule has 0 unspecified atom stereocenters. The number of carbonyl (C=O) groups excluding carboxylic acids is 1. The predicted octanol–water partition coefficient (Wildman–Crippen LogP) is 4.15. The van der Waals surface area contributed by atoms with Crippen LogP contribution in [-0.4, -0.2) is 38.2 Å². The summed E-state index contributed by atoms with van der Waals surface area (Å²) in [6, 6.07) is 14.2. The van der Waals surface area contributed by atoms with E-state index in [0.717, 1.165) is 16.4 Å². The van der Waals surface area contributed by atoms with Crippen LogP contribution in [0.1, 0.15) is 11.1 Å². The van der Waals surface area contributed by atoms with Crippen LogP contribution in [0.15, 0.2) is 47.4 Å². The number of hydrogen-bond donors (Lipinski definition) is 1. The first-order valence-corrected chi connectivity index (χ1v) is 10.5. The van der Waals surface area contributed by atoms with Crippen LogP contribution >= 0.6 is 23.5 Å². The Morgan fingerprint density at radius 1 is 1.08 bits per heavy atom. The number of aryl methyl sites for hydroxylation is 1. The van der Waals surface area contributed by atoms with Gasteiger partial charge >= 0.3 is 0 Å². The van der Waals surface area contributed by atoms with Crippen molar-refractivity contribution < 1.29 is 14.3 Å². The Labute approximate surface area is 164 Å². The van der Waals surface area contributed by atoms with Crippen LogP contribution in [0.2, 0.25) is 0 Å². The van der Waals surface area contributed by atoms with Gasteiger partial charge in [0.1, 0.15) is 0 Å². The van der Waals surface area contributed by atoms with E-state index in [4.69, 9.17) is 9.47 Å². The van der Waals surface area contributed by atoms with Crippen LogP contribution in [0.4, 0.5) is 0 Å². The molecule has 0 fully saturated rings. The third-order valence-corrected chi connectivity index (χ3v) is 5.67.